The van der Waals surface area contributed by atoms with Crippen LogP contribution in [0.25, 0.3) is 6.08 Å². The molecule has 2 aromatic rings. The second-order valence-electron chi connectivity index (χ2n) is 5.24. The lowest BCUT2D eigenvalue weighted by Crippen LogP contribution is -1.90. The molecule has 6 heteroatoms. The Morgan fingerprint density at radius 3 is 2.62 bits per heavy atom. The van der Waals surface area contributed by atoms with Gasteiger partial charge in [0.25, 0.3) is 5.91 Å². The smallest absolute Gasteiger partial charge is 0.284 e. The number of nitrogens with zero attached hydrogens (tertiary/aromatic N) is 1. The van der Waals surface area contributed by atoms with Crippen LogP contribution in [-0.2, 0) is 4.79 Å². The van der Waals surface area contributed by atoms with Crippen molar-refractivity contribution in [2.24, 2.45) is 4.99 Å². The van der Waals surface area contributed by atoms with Gasteiger partial charge < -0.3 is 9.84 Å². The molecule has 1 amide bonds. The predicted molar refractivity (Wildman–Crippen MR) is 101 cm³/mol. The van der Waals surface area contributed by atoms with Crippen LogP contribution in [0.15, 0.2) is 50.8 Å². The van der Waals surface area contributed by atoms with Gasteiger partial charge in [-0.25, -0.2) is 4.99 Å². The normalized spacial score (nSPS) is 15.7. The van der Waals surface area contributed by atoms with Gasteiger partial charge in [0.05, 0.1) is 12.0 Å². The molecule has 0 saturated heterocycles. The highest BCUT2D eigenvalue weighted by molar-refractivity contribution is 9.10. The molecule has 0 aromatic heterocycles. The van der Waals surface area contributed by atoms with Crippen molar-refractivity contribution < 1.29 is 14.6 Å². The van der Waals surface area contributed by atoms with Crippen molar-refractivity contribution in [1.82, 2.24) is 0 Å². The van der Waals surface area contributed by atoms with Crippen molar-refractivity contribution in [1.29, 1.82) is 0 Å². The second kappa shape index (κ2) is 6.83. The first kappa shape index (κ1) is 16.8. The molecular formula is C18H14BrNO3S. The van der Waals surface area contributed by atoms with Gasteiger partial charge in [-0.15, -0.1) is 0 Å². The summed E-state index contributed by atoms with van der Waals surface area (Å²) in [5, 5.41) is 10.9. The lowest BCUT2D eigenvalue weighted by molar-refractivity contribution is -0.113. The molecule has 2 aromatic carbocycles. The average molecular weight is 404 g/mol. The highest BCUT2D eigenvalue weighted by Gasteiger charge is 2.23. The maximum atomic E-state index is 12.2. The van der Waals surface area contributed by atoms with E-state index < -0.39 is 0 Å². The van der Waals surface area contributed by atoms with E-state index in [9.17, 15) is 9.90 Å². The Hall–Kier alpha value is -2.05. The zero-order chi connectivity index (χ0) is 17.3. The molecule has 0 unspecified atom stereocenters. The Balaban J connectivity index is 1.93. The number of carbonyl (C=O) groups excluding carboxylic acids is 1. The number of aliphatic imine (C=N–C) groups is 1. The van der Waals surface area contributed by atoms with E-state index in [1.165, 1.54) is 18.9 Å². The Bertz CT molecular complexity index is 873. The Morgan fingerprint density at radius 1 is 1.25 bits per heavy atom. The molecule has 0 fully saturated rings. The van der Waals surface area contributed by atoms with Crippen LogP contribution in [0.4, 0.5) is 0 Å². The standard InChI is InChI=1S/C18H14BrNO3S/c1-10-3-5-11(6-4-10)18-20-17(22)15(24-18)8-12-7-13(19)9-14(23-2)16(12)21/h3-9,21H,1-2H3/b15-8-. The summed E-state index contributed by atoms with van der Waals surface area (Å²) in [7, 11) is 1.48. The van der Waals surface area contributed by atoms with Crippen LogP contribution < -0.4 is 4.74 Å². The number of amides is 1. The van der Waals surface area contributed by atoms with Crippen LogP contribution in [0.2, 0.25) is 0 Å². The zero-order valence-electron chi connectivity index (χ0n) is 13.0. The molecule has 122 valence electrons. The number of hydrogen-bond donors (Lipinski definition) is 1. The number of phenols is 1. The number of ether oxygens (including phenoxy) is 1. The molecule has 0 radical (unpaired) electrons. The molecule has 0 bridgehead atoms. The Labute approximate surface area is 152 Å². The van der Waals surface area contributed by atoms with Crippen molar-refractivity contribution in [3.8, 4) is 11.5 Å². The summed E-state index contributed by atoms with van der Waals surface area (Å²) in [6, 6.07) is 11.2. The highest BCUT2D eigenvalue weighted by Crippen LogP contribution is 2.38. The zero-order valence-corrected chi connectivity index (χ0v) is 15.4. The molecular weight excluding hydrogens is 390 g/mol. The minimum Gasteiger partial charge on any atom is -0.504 e. The number of rotatable bonds is 3. The fourth-order valence-corrected chi connectivity index (χ4v) is 3.59. The van der Waals surface area contributed by atoms with Crippen LogP contribution in [0.3, 0.4) is 0 Å². The van der Waals surface area contributed by atoms with Gasteiger partial charge in [0.15, 0.2) is 11.5 Å². The van der Waals surface area contributed by atoms with Gasteiger partial charge in [0.2, 0.25) is 0 Å². The molecule has 0 atom stereocenters. The molecule has 4 nitrogen and oxygen atoms in total. The van der Waals surface area contributed by atoms with Crippen molar-refractivity contribution in [3.63, 3.8) is 0 Å². The second-order valence-corrected chi connectivity index (χ2v) is 7.19. The first-order chi connectivity index (χ1) is 11.5. The molecule has 1 N–H and O–H groups in total. The summed E-state index contributed by atoms with van der Waals surface area (Å²) in [4.78, 5) is 16.7. The van der Waals surface area contributed by atoms with E-state index in [4.69, 9.17) is 4.74 Å². The molecule has 3 rings (SSSR count). The highest BCUT2D eigenvalue weighted by atomic mass is 79.9. The van der Waals surface area contributed by atoms with E-state index in [1.54, 1.807) is 18.2 Å². The minimum atomic E-state index is -0.311. The lowest BCUT2D eigenvalue weighted by atomic mass is 10.1. The molecule has 24 heavy (non-hydrogen) atoms. The van der Waals surface area contributed by atoms with Crippen molar-refractivity contribution in [2.45, 2.75) is 6.92 Å². The molecule has 0 spiro atoms. The van der Waals surface area contributed by atoms with E-state index in [-0.39, 0.29) is 11.7 Å². The fourth-order valence-electron chi connectivity index (χ4n) is 2.23. The monoisotopic (exact) mass is 403 g/mol. The van der Waals surface area contributed by atoms with Crippen molar-refractivity contribution >= 4 is 44.7 Å². The summed E-state index contributed by atoms with van der Waals surface area (Å²) < 4.78 is 5.88. The summed E-state index contributed by atoms with van der Waals surface area (Å²) in [6.45, 7) is 2.01. The van der Waals surface area contributed by atoms with Crippen LogP contribution in [0.1, 0.15) is 16.7 Å². The van der Waals surface area contributed by atoms with E-state index in [0.29, 0.717) is 21.3 Å². The topological polar surface area (TPSA) is 58.9 Å². The Kier molecular flexibility index (Phi) is 4.78. The van der Waals surface area contributed by atoms with Crippen LogP contribution in [0, 0.1) is 6.92 Å². The lowest BCUT2D eigenvalue weighted by Gasteiger charge is -2.07. The summed E-state index contributed by atoms with van der Waals surface area (Å²) >= 11 is 4.66. The van der Waals surface area contributed by atoms with E-state index >= 15 is 0 Å². The largest absolute Gasteiger partial charge is 0.504 e. The van der Waals surface area contributed by atoms with E-state index in [1.807, 2.05) is 31.2 Å². The third-order valence-electron chi connectivity index (χ3n) is 3.49. The third-order valence-corrected chi connectivity index (χ3v) is 4.99. The number of benzene rings is 2. The van der Waals surface area contributed by atoms with Gasteiger partial charge in [-0.2, -0.15) is 0 Å². The predicted octanol–water partition coefficient (Wildman–Crippen LogP) is 4.53. The van der Waals surface area contributed by atoms with Gasteiger partial charge in [-0.1, -0.05) is 57.5 Å². The number of methoxy groups -OCH3 is 1. The first-order valence-electron chi connectivity index (χ1n) is 7.14. The maximum Gasteiger partial charge on any atom is 0.284 e. The van der Waals surface area contributed by atoms with E-state index in [0.717, 1.165) is 15.6 Å². The summed E-state index contributed by atoms with van der Waals surface area (Å²) in [5.74, 6) is 0.0191. The maximum absolute atomic E-state index is 12.2. The average Bonchev–Trinajstić information content (AvgIpc) is 2.92. The number of carbonyl (C=O) groups is 1. The van der Waals surface area contributed by atoms with E-state index in [2.05, 4.69) is 20.9 Å². The first-order valence-corrected chi connectivity index (χ1v) is 8.75. The van der Waals surface area contributed by atoms with Gasteiger partial charge in [-0.3, -0.25) is 4.79 Å². The number of hydrogen-bond acceptors (Lipinski definition) is 4. The number of phenolic OH excluding ortho intramolecular Hbond substituents is 1. The van der Waals surface area contributed by atoms with Crippen molar-refractivity contribution in [2.75, 3.05) is 7.11 Å². The van der Waals surface area contributed by atoms with Gasteiger partial charge in [0, 0.05) is 15.6 Å². The van der Waals surface area contributed by atoms with Gasteiger partial charge in [0.1, 0.15) is 5.04 Å². The molecule has 0 aliphatic carbocycles. The number of thioether (sulfide) groups is 1. The molecule has 1 aliphatic heterocycles. The van der Waals surface area contributed by atoms with Crippen LogP contribution in [-0.4, -0.2) is 23.2 Å². The molecule has 0 saturated carbocycles. The quantitative estimate of drug-likeness (QED) is 0.764. The summed E-state index contributed by atoms with van der Waals surface area (Å²) in [6.07, 6.45) is 1.63. The fraction of sp³-hybridized carbons (Fsp3) is 0.111. The molecule has 1 aliphatic rings. The van der Waals surface area contributed by atoms with Gasteiger partial charge >= 0.3 is 0 Å². The van der Waals surface area contributed by atoms with Crippen LogP contribution >= 0.6 is 27.7 Å². The van der Waals surface area contributed by atoms with Crippen LogP contribution in [0.5, 0.6) is 11.5 Å². The van der Waals surface area contributed by atoms with Crippen molar-refractivity contribution in [3.05, 3.63) is 62.5 Å². The third kappa shape index (κ3) is 3.39. The molecule has 1 heterocycles. The van der Waals surface area contributed by atoms with Gasteiger partial charge in [-0.05, 0) is 25.1 Å². The SMILES string of the molecule is COc1cc(Br)cc(/C=C2\SC(c3ccc(C)cc3)=NC2=O)c1O. The minimum absolute atomic E-state index is 0.00890. The number of halogens is 1. The Morgan fingerprint density at radius 2 is 1.96 bits per heavy atom. The number of aromatic hydroxyl groups is 1. The number of aryl methyl sites for hydroxylation is 1. The summed E-state index contributed by atoms with van der Waals surface area (Å²) in [5.41, 5.74) is 2.55.